The maximum Gasteiger partial charge on any atom is 0.237 e. The Labute approximate surface area is 191 Å². The Hall–Kier alpha value is -3.40. The molecule has 0 heterocycles. The quantitative estimate of drug-likeness (QED) is 0.452. The van der Waals surface area contributed by atoms with Crippen molar-refractivity contribution in [2.24, 2.45) is 5.73 Å². The molecule has 3 aromatic rings. The Morgan fingerprint density at radius 3 is 1.53 bits per heavy atom. The number of hydrogen-bond donors (Lipinski definition) is 1. The summed E-state index contributed by atoms with van der Waals surface area (Å²) in [4.78, 5) is 27.4. The number of rotatable bonds is 8. The zero-order chi connectivity index (χ0) is 23.3. The molecule has 3 rings (SSSR count). The van der Waals surface area contributed by atoms with Gasteiger partial charge in [-0.2, -0.15) is 0 Å². The first-order valence-corrected chi connectivity index (χ1v) is 11.1. The molecule has 0 saturated heterocycles. The van der Waals surface area contributed by atoms with Crippen LogP contribution in [0.4, 0.5) is 5.69 Å². The third-order valence-corrected chi connectivity index (χ3v) is 5.67. The average Bonchev–Trinajstić information content (AvgIpc) is 2.77. The van der Waals surface area contributed by atoms with Crippen LogP contribution in [0, 0.1) is 0 Å². The molecule has 0 aliphatic rings. The van der Waals surface area contributed by atoms with Gasteiger partial charge in [0.25, 0.3) is 0 Å². The van der Waals surface area contributed by atoms with E-state index in [0.29, 0.717) is 0 Å². The summed E-state index contributed by atoms with van der Waals surface area (Å²) >= 11 is 0. The first-order valence-electron chi connectivity index (χ1n) is 11.1. The molecule has 0 saturated carbocycles. The molecule has 4 nitrogen and oxygen atoms in total. The summed E-state index contributed by atoms with van der Waals surface area (Å²) in [6, 6.07) is 25.7. The second-order valence-electron chi connectivity index (χ2n) is 8.73. The number of primary amides is 1. The number of nitrogens with zero attached hydrogens (tertiary/aromatic N) is 1. The van der Waals surface area contributed by atoms with E-state index in [-0.39, 0.29) is 30.2 Å². The fourth-order valence-corrected chi connectivity index (χ4v) is 4.18. The van der Waals surface area contributed by atoms with Gasteiger partial charge in [-0.3, -0.25) is 14.5 Å². The van der Waals surface area contributed by atoms with Crippen molar-refractivity contribution in [1.29, 1.82) is 0 Å². The number of carbonyl (C=O) groups is 2. The number of anilines is 1. The molecular weight excluding hydrogens is 396 g/mol. The molecule has 3 aromatic carbocycles. The van der Waals surface area contributed by atoms with Gasteiger partial charge in [0.05, 0.1) is 11.7 Å². The lowest BCUT2D eigenvalue weighted by Crippen LogP contribution is -2.39. The molecule has 2 N–H and O–H groups in total. The van der Waals surface area contributed by atoms with Crippen molar-refractivity contribution in [2.45, 2.75) is 52.0 Å². The van der Waals surface area contributed by atoms with Crippen LogP contribution >= 0.6 is 0 Å². The lowest BCUT2D eigenvalue weighted by molar-refractivity contribution is -0.126. The third-order valence-electron chi connectivity index (χ3n) is 5.67. The number of benzene rings is 3. The second kappa shape index (κ2) is 10.3. The van der Waals surface area contributed by atoms with Gasteiger partial charge >= 0.3 is 0 Å². The zero-order valence-electron chi connectivity index (χ0n) is 19.3. The van der Waals surface area contributed by atoms with Crippen molar-refractivity contribution in [3.8, 4) is 0 Å². The van der Waals surface area contributed by atoms with Crippen LogP contribution < -0.4 is 10.6 Å². The fraction of sp³-hybridized carbons (Fsp3) is 0.286. The third kappa shape index (κ3) is 5.08. The molecule has 166 valence electrons. The van der Waals surface area contributed by atoms with E-state index in [1.54, 1.807) is 4.90 Å². The molecule has 32 heavy (non-hydrogen) atoms. The van der Waals surface area contributed by atoms with Gasteiger partial charge in [0.1, 0.15) is 6.42 Å². The van der Waals surface area contributed by atoms with Crippen molar-refractivity contribution in [3.05, 3.63) is 101 Å². The minimum absolute atomic E-state index is 0.194. The van der Waals surface area contributed by atoms with Gasteiger partial charge in [0.2, 0.25) is 11.8 Å². The van der Waals surface area contributed by atoms with Crippen molar-refractivity contribution in [3.63, 3.8) is 0 Å². The Balaban J connectivity index is 2.36. The van der Waals surface area contributed by atoms with Gasteiger partial charge in [-0.1, -0.05) is 107 Å². The van der Waals surface area contributed by atoms with E-state index in [0.717, 1.165) is 27.9 Å². The monoisotopic (exact) mass is 428 g/mol. The van der Waals surface area contributed by atoms with Gasteiger partial charge in [0, 0.05) is 0 Å². The lowest BCUT2D eigenvalue weighted by Gasteiger charge is -2.37. The maximum atomic E-state index is 13.7. The van der Waals surface area contributed by atoms with E-state index >= 15 is 0 Å². The highest BCUT2D eigenvalue weighted by Crippen LogP contribution is 2.42. The second-order valence-corrected chi connectivity index (χ2v) is 8.73. The molecule has 0 aromatic heterocycles. The van der Waals surface area contributed by atoms with E-state index in [4.69, 9.17) is 5.73 Å². The van der Waals surface area contributed by atoms with Crippen LogP contribution in [0.3, 0.4) is 0 Å². The summed E-state index contributed by atoms with van der Waals surface area (Å²) in [5, 5.41) is 0. The molecule has 0 aliphatic heterocycles. The SMILES string of the molecule is CC(C)c1cccc(C(C)C)c1N(C(=O)CC(N)=O)C(c1ccccc1)c1ccccc1. The number of para-hydroxylation sites is 1. The predicted molar refractivity (Wildman–Crippen MR) is 131 cm³/mol. The van der Waals surface area contributed by atoms with Gasteiger partial charge < -0.3 is 5.73 Å². The van der Waals surface area contributed by atoms with Crippen LogP contribution in [-0.2, 0) is 9.59 Å². The average molecular weight is 429 g/mol. The van der Waals surface area contributed by atoms with Crippen LogP contribution in [0.25, 0.3) is 0 Å². The summed E-state index contributed by atoms with van der Waals surface area (Å²) in [5.74, 6) is -0.544. The van der Waals surface area contributed by atoms with E-state index in [9.17, 15) is 9.59 Å². The summed E-state index contributed by atoms with van der Waals surface area (Å²) in [7, 11) is 0. The Kier molecular flexibility index (Phi) is 7.47. The molecule has 0 aliphatic carbocycles. The van der Waals surface area contributed by atoms with Crippen molar-refractivity contribution < 1.29 is 9.59 Å². The fourth-order valence-electron chi connectivity index (χ4n) is 4.18. The Bertz CT molecular complexity index is 994. The molecule has 0 atom stereocenters. The summed E-state index contributed by atoms with van der Waals surface area (Å²) in [6.07, 6.45) is -0.347. The highest BCUT2D eigenvalue weighted by atomic mass is 16.2. The molecule has 0 spiro atoms. The summed E-state index contributed by atoms with van der Waals surface area (Å²) < 4.78 is 0. The number of amides is 2. The number of carbonyl (C=O) groups excluding carboxylic acids is 2. The molecule has 0 fully saturated rings. The van der Waals surface area contributed by atoms with Crippen molar-refractivity contribution in [2.75, 3.05) is 4.90 Å². The predicted octanol–water partition coefficient (Wildman–Crippen LogP) is 5.93. The number of nitrogens with two attached hydrogens (primary N) is 1. The van der Waals surface area contributed by atoms with Crippen LogP contribution in [0.5, 0.6) is 0 Å². The van der Waals surface area contributed by atoms with E-state index in [1.807, 2.05) is 66.7 Å². The van der Waals surface area contributed by atoms with Gasteiger partial charge in [0.15, 0.2) is 0 Å². The van der Waals surface area contributed by atoms with Crippen LogP contribution in [0.2, 0.25) is 0 Å². The first-order chi connectivity index (χ1) is 15.3. The van der Waals surface area contributed by atoms with Crippen molar-refractivity contribution >= 4 is 17.5 Å². The zero-order valence-corrected chi connectivity index (χ0v) is 19.3. The minimum Gasteiger partial charge on any atom is -0.369 e. The first kappa shape index (κ1) is 23.3. The van der Waals surface area contributed by atoms with Crippen molar-refractivity contribution in [1.82, 2.24) is 0 Å². The molecule has 0 radical (unpaired) electrons. The summed E-state index contributed by atoms with van der Waals surface area (Å²) in [5.41, 5.74) is 10.5. The summed E-state index contributed by atoms with van der Waals surface area (Å²) in [6.45, 7) is 8.50. The van der Waals surface area contributed by atoms with E-state index in [1.165, 1.54) is 0 Å². The smallest absolute Gasteiger partial charge is 0.237 e. The molecule has 0 unspecified atom stereocenters. The number of hydrogen-bond acceptors (Lipinski definition) is 2. The molecule has 4 heteroatoms. The minimum atomic E-state index is -0.631. The Morgan fingerprint density at radius 2 is 1.16 bits per heavy atom. The molecule has 0 bridgehead atoms. The maximum absolute atomic E-state index is 13.7. The van der Waals surface area contributed by atoms with Gasteiger partial charge in [-0.25, -0.2) is 0 Å². The topological polar surface area (TPSA) is 63.4 Å². The van der Waals surface area contributed by atoms with Crippen LogP contribution in [0.15, 0.2) is 78.9 Å². The molecular formula is C28H32N2O2. The van der Waals surface area contributed by atoms with Gasteiger partial charge in [-0.05, 0) is 34.1 Å². The highest BCUT2D eigenvalue weighted by Gasteiger charge is 2.33. The van der Waals surface area contributed by atoms with E-state index in [2.05, 4.69) is 39.8 Å². The largest absolute Gasteiger partial charge is 0.369 e. The Morgan fingerprint density at radius 1 is 0.719 bits per heavy atom. The van der Waals surface area contributed by atoms with Crippen LogP contribution in [0.1, 0.15) is 74.2 Å². The van der Waals surface area contributed by atoms with E-state index < -0.39 is 5.91 Å². The molecule has 2 amide bonds. The lowest BCUT2D eigenvalue weighted by atomic mass is 9.88. The van der Waals surface area contributed by atoms with Gasteiger partial charge in [-0.15, -0.1) is 0 Å². The highest BCUT2D eigenvalue weighted by molar-refractivity contribution is 6.06. The standard InChI is InChI=1S/C28H32N2O2/c1-19(2)23-16-11-17-24(20(3)4)28(23)30(26(32)18-25(29)31)27(21-12-7-5-8-13-21)22-14-9-6-10-15-22/h5-17,19-20,27H,18H2,1-4H3,(H2,29,31). The van der Waals surface area contributed by atoms with Crippen LogP contribution in [-0.4, -0.2) is 11.8 Å². The normalized spacial score (nSPS) is 11.2.